The van der Waals surface area contributed by atoms with E-state index in [2.05, 4.69) is 4.98 Å². The molecule has 1 aromatic rings. The molecule has 0 unspecified atom stereocenters. The van der Waals surface area contributed by atoms with E-state index in [0.29, 0.717) is 4.77 Å². The Kier molecular flexibility index (Phi) is 4.04. The molecule has 0 radical (unpaired) electrons. The molecule has 1 heterocycles. The number of carbonyl (C=O) groups excluding carboxylic acids is 2. The van der Waals surface area contributed by atoms with Crippen molar-refractivity contribution in [1.82, 2.24) is 9.55 Å². The monoisotopic (exact) mass is 284 g/mol. The summed E-state index contributed by atoms with van der Waals surface area (Å²) in [6, 6.07) is 0.173. The van der Waals surface area contributed by atoms with Gasteiger partial charge >= 0.3 is 11.9 Å². The highest BCUT2D eigenvalue weighted by molar-refractivity contribution is 7.71. The minimum atomic E-state index is -0.587. The van der Waals surface area contributed by atoms with Crippen molar-refractivity contribution in [2.75, 3.05) is 13.2 Å². The number of hydrogen-bond donors (Lipinski definition) is 1. The van der Waals surface area contributed by atoms with Crippen LogP contribution in [0.3, 0.4) is 0 Å². The van der Waals surface area contributed by atoms with Crippen molar-refractivity contribution in [3.8, 4) is 0 Å². The third-order valence-corrected chi connectivity index (χ3v) is 3.09. The molecule has 0 spiro atoms. The molecule has 0 aliphatic heterocycles. The van der Waals surface area contributed by atoms with Crippen LogP contribution in [0.4, 0.5) is 0 Å². The van der Waals surface area contributed by atoms with Crippen LogP contribution in [-0.4, -0.2) is 34.7 Å². The zero-order valence-corrected chi connectivity index (χ0v) is 11.7. The molecule has 7 heteroatoms. The zero-order chi connectivity index (χ0) is 14.0. The second-order valence-corrected chi connectivity index (χ2v) is 4.58. The summed E-state index contributed by atoms with van der Waals surface area (Å²) in [6.07, 6.45) is 1.89. The molecule has 0 bridgehead atoms. The van der Waals surface area contributed by atoms with Gasteiger partial charge < -0.3 is 19.0 Å². The minimum absolute atomic E-state index is 0.0807. The van der Waals surface area contributed by atoms with Crippen LogP contribution in [0, 0.1) is 4.77 Å². The number of rotatable bonds is 5. The standard InChI is InChI=1S/C12H16N2O4S/c1-3-17-10(15)8-9(11(16)18-4-2)14(7-5-6-7)12(19)13-8/h7H,3-6H2,1-2H3,(H,13,19). The first kappa shape index (κ1) is 13.8. The number of H-pyrrole nitrogens is 1. The lowest BCUT2D eigenvalue weighted by Gasteiger charge is -2.07. The van der Waals surface area contributed by atoms with Crippen LogP contribution >= 0.6 is 12.2 Å². The lowest BCUT2D eigenvalue weighted by Crippen LogP contribution is -2.17. The van der Waals surface area contributed by atoms with Gasteiger partial charge in [-0.3, -0.25) is 0 Å². The Morgan fingerprint density at radius 2 is 1.84 bits per heavy atom. The quantitative estimate of drug-likeness (QED) is 0.663. The van der Waals surface area contributed by atoms with E-state index in [1.807, 2.05) is 0 Å². The Morgan fingerprint density at radius 3 is 2.37 bits per heavy atom. The number of aromatic amines is 1. The van der Waals surface area contributed by atoms with Crippen molar-refractivity contribution in [2.45, 2.75) is 32.7 Å². The first-order valence-corrected chi connectivity index (χ1v) is 6.69. The predicted molar refractivity (Wildman–Crippen MR) is 69.8 cm³/mol. The van der Waals surface area contributed by atoms with Crippen LogP contribution in [0.15, 0.2) is 0 Å². The predicted octanol–water partition coefficient (Wildman–Crippen LogP) is 2.23. The van der Waals surface area contributed by atoms with Gasteiger partial charge in [-0.05, 0) is 38.9 Å². The topological polar surface area (TPSA) is 73.3 Å². The van der Waals surface area contributed by atoms with Crippen molar-refractivity contribution < 1.29 is 19.1 Å². The Labute approximate surface area is 115 Å². The second kappa shape index (κ2) is 5.56. The van der Waals surface area contributed by atoms with E-state index in [1.54, 1.807) is 18.4 Å². The Hall–Kier alpha value is -1.63. The lowest BCUT2D eigenvalue weighted by atomic mass is 10.3. The van der Waals surface area contributed by atoms with Gasteiger partial charge in [0.05, 0.1) is 13.2 Å². The molecular formula is C12H16N2O4S. The molecule has 1 fully saturated rings. The summed E-state index contributed by atoms with van der Waals surface area (Å²) in [7, 11) is 0. The van der Waals surface area contributed by atoms with E-state index in [0.717, 1.165) is 12.8 Å². The Morgan fingerprint density at radius 1 is 1.26 bits per heavy atom. The van der Waals surface area contributed by atoms with E-state index in [4.69, 9.17) is 21.7 Å². The number of imidazole rings is 1. The van der Waals surface area contributed by atoms with Crippen LogP contribution < -0.4 is 0 Å². The third-order valence-electron chi connectivity index (χ3n) is 2.79. The summed E-state index contributed by atoms with van der Waals surface area (Å²) in [6.45, 7) is 3.89. The van der Waals surface area contributed by atoms with Gasteiger partial charge in [0.2, 0.25) is 0 Å². The van der Waals surface area contributed by atoms with Gasteiger partial charge in [0.15, 0.2) is 16.2 Å². The van der Waals surface area contributed by atoms with Crippen molar-refractivity contribution >= 4 is 24.2 Å². The van der Waals surface area contributed by atoms with Gasteiger partial charge in [0.25, 0.3) is 0 Å². The van der Waals surface area contributed by atoms with Gasteiger partial charge in [0, 0.05) is 6.04 Å². The van der Waals surface area contributed by atoms with Crippen LogP contribution in [0.1, 0.15) is 53.7 Å². The van der Waals surface area contributed by atoms with E-state index in [-0.39, 0.29) is 30.6 Å². The molecule has 0 atom stereocenters. The summed E-state index contributed by atoms with van der Waals surface area (Å²) in [5, 5.41) is 0. The van der Waals surface area contributed by atoms with Gasteiger partial charge in [-0.15, -0.1) is 0 Å². The van der Waals surface area contributed by atoms with Gasteiger partial charge in [0.1, 0.15) is 0 Å². The fraction of sp³-hybridized carbons (Fsp3) is 0.583. The van der Waals surface area contributed by atoms with E-state index in [1.165, 1.54) is 0 Å². The van der Waals surface area contributed by atoms with E-state index >= 15 is 0 Å². The van der Waals surface area contributed by atoms with Gasteiger partial charge in [-0.25, -0.2) is 9.59 Å². The van der Waals surface area contributed by atoms with Crippen LogP contribution in [0.5, 0.6) is 0 Å². The normalized spacial score (nSPS) is 14.2. The molecule has 104 valence electrons. The van der Waals surface area contributed by atoms with Crippen molar-refractivity contribution in [1.29, 1.82) is 0 Å². The smallest absolute Gasteiger partial charge is 0.357 e. The molecule has 1 aliphatic carbocycles. The number of hydrogen-bond acceptors (Lipinski definition) is 5. The number of carbonyl (C=O) groups is 2. The molecule has 1 aromatic heterocycles. The highest BCUT2D eigenvalue weighted by Crippen LogP contribution is 2.37. The molecule has 1 aliphatic rings. The second-order valence-electron chi connectivity index (χ2n) is 4.20. The Bertz CT molecular complexity index is 557. The number of aromatic nitrogens is 2. The van der Waals surface area contributed by atoms with Crippen LogP contribution in [-0.2, 0) is 9.47 Å². The average molecular weight is 284 g/mol. The molecule has 1 N–H and O–H groups in total. The summed E-state index contributed by atoms with van der Waals surface area (Å²) in [5.74, 6) is -1.14. The zero-order valence-electron chi connectivity index (χ0n) is 10.9. The highest BCUT2D eigenvalue weighted by atomic mass is 32.1. The fourth-order valence-corrected chi connectivity index (χ4v) is 2.22. The van der Waals surface area contributed by atoms with Crippen molar-refractivity contribution in [2.24, 2.45) is 0 Å². The first-order valence-electron chi connectivity index (χ1n) is 6.28. The molecular weight excluding hydrogens is 268 g/mol. The summed E-state index contributed by atoms with van der Waals surface area (Å²) in [5.41, 5.74) is 0.255. The van der Waals surface area contributed by atoms with Crippen molar-refractivity contribution in [3.05, 3.63) is 16.2 Å². The Balaban J connectivity index is 2.47. The molecule has 0 saturated heterocycles. The molecule has 6 nitrogen and oxygen atoms in total. The number of ether oxygens (including phenoxy) is 2. The lowest BCUT2D eigenvalue weighted by molar-refractivity contribution is 0.0467. The number of nitrogens with zero attached hydrogens (tertiary/aromatic N) is 1. The van der Waals surface area contributed by atoms with Crippen molar-refractivity contribution in [3.63, 3.8) is 0 Å². The summed E-state index contributed by atoms with van der Waals surface area (Å²) < 4.78 is 11.9. The average Bonchev–Trinajstić information content (AvgIpc) is 3.13. The first-order chi connectivity index (χ1) is 9.10. The van der Waals surface area contributed by atoms with E-state index in [9.17, 15) is 9.59 Å². The maximum Gasteiger partial charge on any atom is 0.357 e. The SMILES string of the molecule is CCOC(=O)c1[nH]c(=S)n(C2CC2)c1C(=O)OCC. The molecule has 2 rings (SSSR count). The third kappa shape index (κ3) is 2.70. The molecule has 19 heavy (non-hydrogen) atoms. The van der Waals surface area contributed by atoms with Crippen LogP contribution in [0.2, 0.25) is 0 Å². The molecule has 0 amide bonds. The minimum Gasteiger partial charge on any atom is -0.461 e. The number of nitrogens with one attached hydrogen (secondary N) is 1. The number of esters is 2. The summed E-state index contributed by atoms with van der Waals surface area (Å²) >= 11 is 5.18. The largest absolute Gasteiger partial charge is 0.461 e. The molecule has 1 saturated carbocycles. The fourth-order valence-electron chi connectivity index (χ4n) is 1.88. The maximum absolute atomic E-state index is 12.0. The summed E-state index contributed by atoms with van der Waals surface area (Å²) in [4.78, 5) is 26.6. The highest BCUT2D eigenvalue weighted by Gasteiger charge is 2.34. The van der Waals surface area contributed by atoms with Crippen LogP contribution in [0.25, 0.3) is 0 Å². The van der Waals surface area contributed by atoms with Gasteiger partial charge in [-0.2, -0.15) is 0 Å². The molecule has 0 aromatic carbocycles. The maximum atomic E-state index is 12.0. The van der Waals surface area contributed by atoms with Gasteiger partial charge in [-0.1, -0.05) is 0 Å². The van der Waals surface area contributed by atoms with E-state index < -0.39 is 11.9 Å².